The monoisotopic (exact) mass is 366 g/mol. The van der Waals surface area contributed by atoms with Crippen molar-refractivity contribution in [2.24, 2.45) is 0 Å². The van der Waals surface area contributed by atoms with Crippen LogP contribution in [-0.2, 0) is 11.3 Å². The first-order valence-corrected chi connectivity index (χ1v) is 5.92. The molecule has 1 aromatic rings. The highest BCUT2D eigenvalue weighted by atomic mass is 79.9. The van der Waals surface area contributed by atoms with Gasteiger partial charge in [0.15, 0.2) is 0 Å². The van der Waals surface area contributed by atoms with E-state index in [1.165, 1.54) is 25.3 Å². The van der Waals surface area contributed by atoms with Crippen molar-refractivity contribution in [2.75, 3.05) is 7.11 Å². The van der Waals surface area contributed by atoms with E-state index in [2.05, 4.69) is 20.7 Å². The van der Waals surface area contributed by atoms with Gasteiger partial charge in [0, 0.05) is 4.47 Å². The van der Waals surface area contributed by atoms with Gasteiger partial charge in [0.2, 0.25) is 6.10 Å². The number of hydrogen-bond donors (Lipinski definition) is 0. The van der Waals surface area contributed by atoms with Crippen molar-refractivity contribution in [3.63, 3.8) is 0 Å². The Hall–Kier alpha value is -0.960. The van der Waals surface area contributed by atoms with Gasteiger partial charge in [-0.05, 0) is 23.8 Å². The van der Waals surface area contributed by atoms with Crippen LogP contribution in [0.25, 0.3) is 0 Å². The van der Waals surface area contributed by atoms with Crippen LogP contribution in [0.3, 0.4) is 0 Å². The highest BCUT2D eigenvalue weighted by Crippen LogP contribution is 2.36. The van der Waals surface area contributed by atoms with Crippen LogP contribution in [0.1, 0.15) is 5.56 Å². The van der Waals surface area contributed by atoms with Crippen LogP contribution in [0.5, 0.6) is 5.75 Å². The van der Waals surface area contributed by atoms with Gasteiger partial charge in [0.25, 0.3) is 0 Å². The minimum atomic E-state index is -5.52. The van der Waals surface area contributed by atoms with Crippen molar-refractivity contribution >= 4 is 15.9 Å². The Morgan fingerprint density at radius 3 is 2.10 bits per heavy atom. The van der Waals surface area contributed by atoms with Gasteiger partial charge in [-0.25, -0.2) is 0 Å². The van der Waals surface area contributed by atoms with E-state index in [4.69, 9.17) is 4.74 Å². The third-order valence-corrected chi connectivity index (χ3v) is 3.03. The minimum Gasteiger partial charge on any atom is -0.497 e. The number of hydrogen-bond acceptors (Lipinski definition) is 2. The molecule has 114 valence electrons. The summed E-state index contributed by atoms with van der Waals surface area (Å²) in [6.07, 6.45) is -14.9. The van der Waals surface area contributed by atoms with Crippen molar-refractivity contribution in [3.05, 3.63) is 28.2 Å². The molecule has 0 fully saturated rings. The zero-order valence-electron chi connectivity index (χ0n) is 9.98. The molecular weight excluding hydrogens is 358 g/mol. The molecule has 20 heavy (non-hydrogen) atoms. The molecule has 1 rings (SSSR count). The van der Waals surface area contributed by atoms with E-state index >= 15 is 0 Å². The first-order chi connectivity index (χ1) is 9.05. The maximum atomic E-state index is 12.3. The Morgan fingerprint density at radius 1 is 1.10 bits per heavy atom. The smallest absolute Gasteiger partial charge is 0.423 e. The van der Waals surface area contributed by atoms with Gasteiger partial charge in [-0.1, -0.05) is 15.9 Å². The average molecular weight is 367 g/mol. The SMILES string of the molecule is COc1ccc(Br)c(COC(C(F)(F)F)C(F)(F)F)c1. The molecule has 0 amide bonds. The first-order valence-electron chi connectivity index (χ1n) is 5.13. The van der Waals surface area contributed by atoms with Crippen LogP contribution in [0.15, 0.2) is 22.7 Å². The van der Waals surface area contributed by atoms with E-state index < -0.39 is 25.1 Å². The number of benzene rings is 1. The van der Waals surface area contributed by atoms with Gasteiger partial charge < -0.3 is 9.47 Å². The topological polar surface area (TPSA) is 18.5 Å². The fourth-order valence-electron chi connectivity index (χ4n) is 1.34. The van der Waals surface area contributed by atoms with E-state index in [0.717, 1.165) is 0 Å². The largest absolute Gasteiger partial charge is 0.497 e. The number of alkyl halides is 6. The molecule has 0 aliphatic carbocycles. The Labute approximate surface area is 118 Å². The maximum Gasteiger partial charge on any atom is 0.423 e. The molecule has 0 aliphatic heterocycles. The molecule has 0 saturated carbocycles. The molecule has 0 bridgehead atoms. The molecule has 0 aliphatic rings. The predicted octanol–water partition coefficient (Wildman–Crippen LogP) is 4.47. The van der Waals surface area contributed by atoms with Crippen LogP contribution < -0.4 is 4.74 Å². The molecule has 0 unspecified atom stereocenters. The molecule has 2 nitrogen and oxygen atoms in total. The summed E-state index contributed by atoms with van der Waals surface area (Å²) < 4.78 is 82.9. The van der Waals surface area contributed by atoms with Gasteiger partial charge in [-0.2, -0.15) is 26.3 Å². The zero-order chi connectivity index (χ0) is 15.6. The fourth-order valence-corrected chi connectivity index (χ4v) is 1.70. The molecule has 0 radical (unpaired) electrons. The molecule has 0 N–H and O–H groups in total. The van der Waals surface area contributed by atoms with Crippen LogP contribution in [-0.4, -0.2) is 25.6 Å². The number of ether oxygens (including phenoxy) is 2. The Kier molecular flexibility index (Phi) is 5.31. The van der Waals surface area contributed by atoms with Crippen LogP contribution in [0, 0.1) is 0 Å². The predicted molar refractivity (Wildman–Crippen MR) is 61.4 cm³/mol. The second kappa shape index (κ2) is 6.21. The lowest BCUT2D eigenvalue weighted by Gasteiger charge is -2.23. The minimum absolute atomic E-state index is 0.114. The molecule has 0 atom stereocenters. The zero-order valence-corrected chi connectivity index (χ0v) is 11.6. The third-order valence-electron chi connectivity index (χ3n) is 2.25. The number of halogens is 7. The molecule has 0 aromatic heterocycles. The summed E-state index contributed by atoms with van der Waals surface area (Å²) in [5.41, 5.74) is 0.114. The van der Waals surface area contributed by atoms with Crippen LogP contribution in [0.4, 0.5) is 26.3 Å². The summed E-state index contributed by atoms with van der Waals surface area (Å²) in [5.74, 6) is 0.294. The first kappa shape index (κ1) is 17.1. The summed E-state index contributed by atoms with van der Waals surface area (Å²) in [5, 5.41) is 0. The van der Waals surface area contributed by atoms with Gasteiger partial charge in [0.05, 0.1) is 13.7 Å². The molecule has 9 heteroatoms. The van der Waals surface area contributed by atoms with Crippen molar-refractivity contribution in [1.82, 2.24) is 0 Å². The van der Waals surface area contributed by atoms with Crippen molar-refractivity contribution in [1.29, 1.82) is 0 Å². The summed E-state index contributed by atoms with van der Waals surface area (Å²) in [6.45, 7) is -0.860. The Balaban J connectivity index is 2.88. The highest BCUT2D eigenvalue weighted by molar-refractivity contribution is 9.10. The second-order valence-electron chi connectivity index (χ2n) is 3.73. The number of rotatable bonds is 4. The van der Waals surface area contributed by atoms with Crippen molar-refractivity contribution in [2.45, 2.75) is 25.1 Å². The second-order valence-corrected chi connectivity index (χ2v) is 4.59. The van der Waals surface area contributed by atoms with E-state index in [1.807, 2.05) is 0 Å². The molecule has 0 spiro atoms. The normalized spacial score (nSPS) is 12.8. The molecule has 1 aromatic carbocycles. The van der Waals surface area contributed by atoms with E-state index in [0.29, 0.717) is 10.2 Å². The van der Waals surface area contributed by atoms with E-state index in [1.54, 1.807) is 0 Å². The molecular formula is C11H9BrF6O2. The lowest BCUT2D eigenvalue weighted by Crippen LogP contribution is -2.44. The Bertz CT molecular complexity index is 443. The van der Waals surface area contributed by atoms with E-state index in [9.17, 15) is 26.3 Å². The van der Waals surface area contributed by atoms with Gasteiger partial charge in [0.1, 0.15) is 5.75 Å². The van der Waals surface area contributed by atoms with Crippen molar-refractivity contribution in [3.8, 4) is 5.75 Å². The Morgan fingerprint density at radius 2 is 1.65 bits per heavy atom. The third kappa shape index (κ3) is 4.55. The van der Waals surface area contributed by atoms with Crippen LogP contribution in [0.2, 0.25) is 0 Å². The standard InChI is InChI=1S/C11H9BrF6O2/c1-19-7-2-3-8(12)6(4-7)5-20-9(10(13,14)15)11(16,17)18/h2-4,9H,5H2,1H3. The molecule has 0 heterocycles. The van der Waals surface area contributed by atoms with Crippen molar-refractivity contribution < 1.29 is 35.8 Å². The lowest BCUT2D eigenvalue weighted by molar-refractivity contribution is -0.324. The lowest BCUT2D eigenvalue weighted by atomic mass is 10.2. The summed E-state index contributed by atoms with van der Waals surface area (Å²) in [6, 6.07) is 4.22. The van der Waals surface area contributed by atoms with Crippen LogP contribution >= 0.6 is 15.9 Å². The number of methoxy groups -OCH3 is 1. The molecule has 0 saturated heterocycles. The summed E-state index contributed by atoms with van der Waals surface area (Å²) in [4.78, 5) is 0. The van der Waals surface area contributed by atoms with E-state index in [-0.39, 0.29) is 5.56 Å². The average Bonchev–Trinajstić information content (AvgIpc) is 2.28. The van der Waals surface area contributed by atoms with Gasteiger partial charge >= 0.3 is 12.4 Å². The fraction of sp³-hybridized carbons (Fsp3) is 0.455. The quantitative estimate of drug-likeness (QED) is 0.732. The van der Waals surface area contributed by atoms with Gasteiger partial charge in [-0.3, -0.25) is 0 Å². The maximum absolute atomic E-state index is 12.3. The summed E-state index contributed by atoms with van der Waals surface area (Å²) >= 11 is 3.01. The summed E-state index contributed by atoms with van der Waals surface area (Å²) in [7, 11) is 1.32. The van der Waals surface area contributed by atoms with Gasteiger partial charge in [-0.15, -0.1) is 0 Å². The highest BCUT2D eigenvalue weighted by Gasteiger charge is 2.57.